The molecule has 0 bridgehead atoms. The molecule has 1 aromatic heterocycles. The van der Waals surface area contributed by atoms with Gasteiger partial charge in [0, 0.05) is 11.9 Å². The average molecular weight is 349 g/mol. The van der Waals surface area contributed by atoms with Gasteiger partial charge in [0.1, 0.15) is 5.82 Å². The van der Waals surface area contributed by atoms with Gasteiger partial charge in [0.25, 0.3) is 0 Å². The van der Waals surface area contributed by atoms with Gasteiger partial charge in [-0.05, 0) is 30.5 Å². The number of aromatic nitrogens is 1. The van der Waals surface area contributed by atoms with Crippen LogP contribution >= 0.6 is 11.3 Å². The first kappa shape index (κ1) is 18.1. The van der Waals surface area contributed by atoms with Gasteiger partial charge in [0.2, 0.25) is 11.8 Å². The van der Waals surface area contributed by atoms with Crippen molar-refractivity contribution >= 4 is 23.2 Å². The quantitative estimate of drug-likeness (QED) is 0.763. The summed E-state index contributed by atoms with van der Waals surface area (Å²) >= 11 is 1.53. The van der Waals surface area contributed by atoms with Crippen LogP contribution < -0.4 is 11.1 Å². The summed E-state index contributed by atoms with van der Waals surface area (Å²) in [7, 11) is 0. The molecule has 3 N–H and O–H groups in total. The van der Waals surface area contributed by atoms with Gasteiger partial charge in [-0.15, -0.1) is 11.3 Å². The molecular formula is C17H20FN3O2S. The van der Waals surface area contributed by atoms with Crippen LogP contribution in [0.1, 0.15) is 23.2 Å². The van der Waals surface area contributed by atoms with Crippen LogP contribution in [0, 0.1) is 11.7 Å². The Hall–Kier alpha value is -2.28. The third kappa shape index (κ3) is 5.42. The van der Waals surface area contributed by atoms with Crippen molar-refractivity contribution in [2.75, 3.05) is 6.54 Å². The molecule has 0 radical (unpaired) electrons. The number of amides is 2. The topological polar surface area (TPSA) is 85.1 Å². The van der Waals surface area contributed by atoms with Crippen molar-refractivity contribution in [2.45, 2.75) is 26.2 Å². The van der Waals surface area contributed by atoms with Crippen LogP contribution in [0.3, 0.4) is 0 Å². The fourth-order valence-electron chi connectivity index (χ4n) is 2.23. The first-order chi connectivity index (χ1) is 11.5. The molecule has 0 aliphatic carbocycles. The van der Waals surface area contributed by atoms with Crippen molar-refractivity contribution in [3.05, 3.63) is 51.7 Å². The Kier molecular flexibility index (Phi) is 6.43. The Morgan fingerprint density at radius 2 is 2.04 bits per heavy atom. The summed E-state index contributed by atoms with van der Waals surface area (Å²) in [6.07, 6.45) is 1.37. The van der Waals surface area contributed by atoms with E-state index < -0.39 is 11.8 Å². The van der Waals surface area contributed by atoms with E-state index in [-0.39, 0.29) is 24.7 Å². The van der Waals surface area contributed by atoms with E-state index in [9.17, 15) is 14.0 Å². The van der Waals surface area contributed by atoms with E-state index in [1.807, 2.05) is 12.3 Å². The van der Waals surface area contributed by atoms with E-state index in [0.717, 1.165) is 22.7 Å². The van der Waals surface area contributed by atoms with E-state index >= 15 is 0 Å². The first-order valence-corrected chi connectivity index (χ1v) is 8.59. The minimum atomic E-state index is -0.541. The van der Waals surface area contributed by atoms with Gasteiger partial charge in [0.15, 0.2) is 0 Å². The fraction of sp³-hybridized carbons (Fsp3) is 0.353. The van der Waals surface area contributed by atoms with Crippen molar-refractivity contribution in [1.29, 1.82) is 0 Å². The highest BCUT2D eigenvalue weighted by molar-refractivity contribution is 7.09. The largest absolute Gasteiger partial charge is 0.369 e. The van der Waals surface area contributed by atoms with E-state index in [1.54, 1.807) is 12.1 Å². The molecule has 2 rings (SSSR count). The zero-order valence-corrected chi connectivity index (χ0v) is 14.2. The fourth-order valence-corrected chi connectivity index (χ4v) is 2.98. The number of carbonyl (C=O) groups excluding carboxylic acids is 2. The molecule has 0 saturated carbocycles. The number of hydrogen-bond donors (Lipinski definition) is 2. The predicted octanol–water partition coefficient (Wildman–Crippen LogP) is 1.85. The van der Waals surface area contributed by atoms with Crippen molar-refractivity contribution < 1.29 is 14.0 Å². The van der Waals surface area contributed by atoms with Gasteiger partial charge in [-0.2, -0.15) is 0 Å². The molecule has 5 nitrogen and oxygen atoms in total. The molecule has 7 heteroatoms. The van der Waals surface area contributed by atoms with E-state index in [0.29, 0.717) is 6.42 Å². The normalized spacial score (nSPS) is 11.9. The van der Waals surface area contributed by atoms with Crippen LogP contribution in [0.25, 0.3) is 0 Å². The second kappa shape index (κ2) is 8.54. The number of nitrogens with two attached hydrogens (primary N) is 1. The van der Waals surface area contributed by atoms with Gasteiger partial charge >= 0.3 is 0 Å². The maximum Gasteiger partial charge on any atom is 0.226 e. The number of nitrogens with zero attached hydrogens (tertiary/aromatic N) is 1. The minimum absolute atomic E-state index is 0.149. The Bertz CT molecular complexity index is 700. The van der Waals surface area contributed by atoms with Crippen molar-refractivity contribution in [3.8, 4) is 0 Å². The van der Waals surface area contributed by atoms with Crippen LogP contribution in [-0.2, 0) is 28.9 Å². The van der Waals surface area contributed by atoms with E-state index in [1.165, 1.54) is 23.5 Å². The van der Waals surface area contributed by atoms with Crippen molar-refractivity contribution in [1.82, 2.24) is 10.3 Å². The second-order valence-corrected chi connectivity index (χ2v) is 6.44. The smallest absolute Gasteiger partial charge is 0.226 e. The predicted molar refractivity (Wildman–Crippen MR) is 91.0 cm³/mol. The number of rotatable bonds is 8. The zero-order chi connectivity index (χ0) is 17.5. The maximum atomic E-state index is 12.9. The molecule has 0 saturated heterocycles. The highest BCUT2D eigenvalue weighted by atomic mass is 32.1. The third-order valence-corrected chi connectivity index (χ3v) is 4.63. The molecule has 0 aliphatic heterocycles. The Morgan fingerprint density at radius 3 is 2.62 bits per heavy atom. The molecule has 2 amide bonds. The van der Waals surface area contributed by atoms with Crippen molar-refractivity contribution in [3.63, 3.8) is 0 Å². The molecule has 1 unspecified atom stereocenters. The summed E-state index contributed by atoms with van der Waals surface area (Å²) in [6, 6.07) is 5.88. The number of primary amides is 1. The molecule has 1 atom stereocenters. The number of nitrogens with one attached hydrogen (secondary N) is 1. The lowest BCUT2D eigenvalue weighted by atomic mass is 9.98. The zero-order valence-electron chi connectivity index (χ0n) is 13.4. The Balaban J connectivity index is 1.87. The van der Waals surface area contributed by atoms with Crippen LogP contribution in [0.4, 0.5) is 4.39 Å². The number of benzene rings is 1. The molecule has 128 valence electrons. The Labute approximate surface area is 144 Å². The SMILES string of the molecule is CCc1nc(CC(=O)NCC(Cc2ccc(F)cc2)C(N)=O)cs1. The average Bonchev–Trinajstić information content (AvgIpc) is 3.00. The standard InChI is InChI=1S/C17H20FN3O2S/c1-2-16-21-14(10-24-16)8-15(22)20-9-12(17(19)23)7-11-3-5-13(18)6-4-11/h3-6,10,12H,2,7-9H2,1H3,(H2,19,23)(H,20,22). The molecule has 0 fully saturated rings. The summed E-state index contributed by atoms with van der Waals surface area (Å²) in [6.45, 7) is 2.16. The number of thiazole rings is 1. The molecule has 24 heavy (non-hydrogen) atoms. The lowest BCUT2D eigenvalue weighted by Gasteiger charge is -2.14. The van der Waals surface area contributed by atoms with E-state index in [4.69, 9.17) is 5.73 Å². The van der Waals surface area contributed by atoms with Crippen LogP contribution in [0.15, 0.2) is 29.6 Å². The highest BCUT2D eigenvalue weighted by Crippen LogP contribution is 2.12. The van der Waals surface area contributed by atoms with Crippen LogP contribution in [-0.4, -0.2) is 23.3 Å². The minimum Gasteiger partial charge on any atom is -0.369 e. The first-order valence-electron chi connectivity index (χ1n) is 7.71. The summed E-state index contributed by atoms with van der Waals surface area (Å²) in [4.78, 5) is 27.9. The van der Waals surface area contributed by atoms with Gasteiger partial charge < -0.3 is 11.1 Å². The number of halogens is 1. The summed E-state index contributed by atoms with van der Waals surface area (Å²) in [5, 5.41) is 5.58. The summed E-state index contributed by atoms with van der Waals surface area (Å²) in [5.74, 6) is -1.58. The van der Waals surface area contributed by atoms with Gasteiger partial charge in [-0.25, -0.2) is 9.37 Å². The van der Waals surface area contributed by atoms with Gasteiger partial charge in [0.05, 0.1) is 23.0 Å². The monoisotopic (exact) mass is 349 g/mol. The molecule has 0 aliphatic rings. The lowest BCUT2D eigenvalue weighted by molar-refractivity contribution is -0.123. The molecule has 1 heterocycles. The number of aryl methyl sites for hydroxylation is 1. The molecule has 1 aromatic carbocycles. The van der Waals surface area contributed by atoms with E-state index in [2.05, 4.69) is 10.3 Å². The van der Waals surface area contributed by atoms with Crippen molar-refractivity contribution in [2.24, 2.45) is 11.7 Å². The second-order valence-electron chi connectivity index (χ2n) is 5.50. The summed E-state index contributed by atoms with van der Waals surface area (Å²) in [5.41, 5.74) is 6.92. The molecular weight excluding hydrogens is 329 g/mol. The molecule has 2 aromatic rings. The number of hydrogen-bond acceptors (Lipinski definition) is 4. The summed E-state index contributed by atoms with van der Waals surface area (Å²) < 4.78 is 12.9. The third-order valence-electron chi connectivity index (χ3n) is 3.59. The highest BCUT2D eigenvalue weighted by Gasteiger charge is 2.17. The Morgan fingerprint density at radius 1 is 1.33 bits per heavy atom. The van der Waals surface area contributed by atoms with Crippen LogP contribution in [0.5, 0.6) is 0 Å². The maximum absolute atomic E-state index is 12.9. The van der Waals surface area contributed by atoms with Crippen LogP contribution in [0.2, 0.25) is 0 Å². The number of carbonyl (C=O) groups is 2. The van der Waals surface area contributed by atoms with Gasteiger partial charge in [-0.3, -0.25) is 9.59 Å². The molecule has 0 spiro atoms. The lowest BCUT2D eigenvalue weighted by Crippen LogP contribution is -2.37. The van der Waals surface area contributed by atoms with Gasteiger partial charge in [-0.1, -0.05) is 19.1 Å².